The number of Topliss-reactive ketones (excluding diaryl/α,β-unsaturated/α-hetero) is 1. The monoisotopic (exact) mass is 588 g/mol. The zero-order valence-electron chi connectivity index (χ0n) is 24.2. The summed E-state index contributed by atoms with van der Waals surface area (Å²) in [6.45, 7) is 2.95. The number of carbonyl (C=O) groups is 1. The average Bonchev–Trinajstić information content (AvgIpc) is 2.94. The number of hydrogen-bond acceptors (Lipinski definition) is 11. The molecule has 0 saturated carbocycles. The van der Waals surface area contributed by atoms with Gasteiger partial charge in [0.2, 0.25) is 5.79 Å². The lowest BCUT2D eigenvalue weighted by molar-refractivity contribution is -0.123. The van der Waals surface area contributed by atoms with Gasteiger partial charge in [-0.2, -0.15) is 0 Å². The van der Waals surface area contributed by atoms with Gasteiger partial charge in [0.1, 0.15) is 62.5 Å². The Morgan fingerprint density at radius 2 is 1.37 bits per heavy atom. The van der Waals surface area contributed by atoms with Gasteiger partial charge >= 0.3 is 0 Å². The van der Waals surface area contributed by atoms with E-state index in [4.69, 9.17) is 28.1 Å². The molecule has 2 heterocycles. The molecule has 1 aliphatic rings. The van der Waals surface area contributed by atoms with Crippen LogP contribution in [0.15, 0.2) is 39.5 Å². The van der Waals surface area contributed by atoms with Crippen molar-refractivity contribution in [1.82, 2.24) is 0 Å². The fourth-order valence-corrected chi connectivity index (χ4v) is 5.89. The van der Waals surface area contributed by atoms with E-state index >= 15 is 0 Å². The van der Waals surface area contributed by atoms with Crippen molar-refractivity contribution in [3.05, 3.63) is 51.9 Å². The molecule has 4 aromatic carbocycles. The number of methoxy groups -OCH3 is 4. The third-order valence-corrected chi connectivity index (χ3v) is 7.65. The topological polar surface area (TPSA) is 154 Å². The molecule has 6 rings (SSSR count). The molecular weight excluding hydrogens is 560 g/mol. The molecular formula is C32H28O11. The van der Waals surface area contributed by atoms with E-state index in [0.29, 0.717) is 22.3 Å². The van der Waals surface area contributed by atoms with Gasteiger partial charge in [0.15, 0.2) is 11.2 Å². The predicted octanol–water partition coefficient (Wildman–Crippen LogP) is 5.19. The summed E-state index contributed by atoms with van der Waals surface area (Å²) in [6.07, 6.45) is -0.373. The van der Waals surface area contributed by atoms with Gasteiger partial charge < -0.3 is 43.4 Å². The molecule has 0 radical (unpaired) electrons. The van der Waals surface area contributed by atoms with E-state index in [0.717, 1.165) is 0 Å². The van der Waals surface area contributed by atoms with Crippen molar-refractivity contribution in [1.29, 1.82) is 0 Å². The van der Waals surface area contributed by atoms with Crippen LogP contribution in [0.25, 0.3) is 43.6 Å². The second-order valence-electron chi connectivity index (χ2n) is 10.5. The third-order valence-electron chi connectivity index (χ3n) is 7.65. The Morgan fingerprint density at radius 1 is 0.744 bits per heavy atom. The smallest absolute Gasteiger partial charge is 0.212 e. The van der Waals surface area contributed by atoms with Crippen LogP contribution in [-0.4, -0.2) is 55.3 Å². The van der Waals surface area contributed by atoms with Gasteiger partial charge in [0, 0.05) is 47.0 Å². The first-order valence-electron chi connectivity index (χ1n) is 13.2. The Balaban J connectivity index is 1.94. The number of phenolic OH excluding ortho intramolecular Hbond substituents is 2. The highest BCUT2D eigenvalue weighted by molar-refractivity contribution is 6.23. The lowest BCUT2D eigenvalue weighted by atomic mass is 9.87. The van der Waals surface area contributed by atoms with Crippen molar-refractivity contribution in [2.24, 2.45) is 0 Å². The Morgan fingerprint density at radius 3 is 2.02 bits per heavy atom. The van der Waals surface area contributed by atoms with Crippen LogP contribution < -0.4 is 29.1 Å². The molecule has 222 valence electrons. The Labute approximate surface area is 244 Å². The molecule has 0 amide bonds. The van der Waals surface area contributed by atoms with Crippen molar-refractivity contribution in [3.63, 3.8) is 0 Å². The van der Waals surface area contributed by atoms with E-state index in [1.807, 2.05) is 0 Å². The van der Waals surface area contributed by atoms with Gasteiger partial charge in [0.05, 0.1) is 45.6 Å². The minimum atomic E-state index is -1.82. The highest BCUT2D eigenvalue weighted by Gasteiger charge is 2.38. The molecule has 11 nitrogen and oxygen atoms in total. The zero-order valence-corrected chi connectivity index (χ0v) is 24.2. The molecule has 11 heteroatoms. The van der Waals surface area contributed by atoms with Gasteiger partial charge in [-0.1, -0.05) is 0 Å². The number of phenols is 2. The maximum atomic E-state index is 13.4. The second kappa shape index (κ2) is 9.70. The number of rotatable bonds is 5. The largest absolute Gasteiger partial charge is 0.506 e. The Hall–Kier alpha value is -5.16. The van der Waals surface area contributed by atoms with Crippen LogP contribution in [-0.2, 0) is 0 Å². The van der Waals surface area contributed by atoms with E-state index in [-0.39, 0.29) is 73.6 Å². The van der Waals surface area contributed by atoms with Crippen LogP contribution in [0.2, 0.25) is 0 Å². The zero-order chi connectivity index (χ0) is 31.0. The van der Waals surface area contributed by atoms with Crippen molar-refractivity contribution < 1.29 is 48.2 Å². The maximum Gasteiger partial charge on any atom is 0.212 e. The number of ketones is 1. The third kappa shape index (κ3) is 4.07. The fourth-order valence-electron chi connectivity index (χ4n) is 5.89. The van der Waals surface area contributed by atoms with Crippen molar-refractivity contribution in [3.8, 4) is 51.4 Å². The Bertz CT molecular complexity index is 2070. The van der Waals surface area contributed by atoms with Crippen LogP contribution >= 0.6 is 0 Å². The molecule has 0 unspecified atom stereocenters. The van der Waals surface area contributed by atoms with Crippen LogP contribution in [0.3, 0.4) is 0 Å². The molecule has 5 aromatic rings. The molecule has 43 heavy (non-hydrogen) atoms. The summed E-state index contributed by atoms with van der Waals surface area (Å²) in [7, 11) is 5.72. The minimum absolute atomic E-state index is 0.0243. The Kier molecular flexibility index (Phi) is 6.31. The van der Waals surface area contributed by atoms with Crippen LogP contribution in [0.1, 0.15) is 29.5 Å². The molecule has 0 bridgehead atoms. The van der Waals surface area contributed by atoms with E-state index in [2.05, 4.69) is 0 Å². The quantitative estimate of drug-likeness (QED) is 0.232. The number of benzene rings is 4. The lowest BCUT2D eigenvalue weighted by Crippen LogP contribution is -2.38. The summed E-state index contributed by atoms with van der Waals surface area (Å²) in [4.78, 5) is 26.5. The fraction of sp³-hybridized carbons (Fsp3) is 0.250. The summed E-state index contributed by atoms with van der Waals surface area (Å²) in [5.74, 6) is -1.91. The second-order valence-corrected chi connectivity index (χ2v) is 10.5. The van der Waals surface area contributed by atoms with Crippen molar-refractivity contribution in [2.45, 2.75) is 26.1 Å². The standard InChI is InChI=1S/C32H28O11/c1-13-7-17(33)28-30(36)24-15(8-14(38-3)9-19(24)39-4)26(31(28)42-13)23-16-10-22-27(18(34)12-32(2,37)43-22)29(35)25(16)21(41-6)11-20(23)40-5/h7-11,35-37H,12H2,1-6H3/t32-/m0/s1. The number of hydrogen-bond donors (Lipinski definition) is 3. The number of ether oxygens (including phenoxy) is 5. The molecule has 0 saturated heterocycles. The van der Waals surface area contributed by atoms with Gasteiger partial charge in [-0.05, 0) is 19.1 Å². The molecule has 1 atom stereocenters. The minimum Gasteiger partial charge on any atom is -0.506 e. The number of aromatic hydroxyl groups is 2. The maximum absolute atomic E-state index is 13.4. The van der Waals surface area contributed by atoms with Gasteiger partial charge in [-0.15, -0.1) is 0 Å². The molecule has 0 fully saturated rings. The first-order chi connectivity index (χ1) is 20.4. The lowest BCUT2D eigenvalue weighted by Gasteiger charge is -2.31. The number of carbonyl (C=O) groups excluding carboxylic acids is 1. The molecule has 1 aliphatic heterocycles. The number of fused-ring (bicyclic) bond motifs is 4. The predicted molar refractivity (Wildman–Crippen MR) is 157 cm³/mol. The summed E-state index contributed by atoms with van der Waals surface area (Å²) >= 11 is 0. The van der Waals surface area contributed by atoms with Gasteiger partial charge in [0.25, 0.3) is 0 Å². The normalized spacial score (nSPS) is 16.3. The van der Waals surface area contributed by atoms with Crippen LogP contribution in [0.4, 0.5) is 0 Å². The van der Waals surface area contributed by atoms with Crippen LogP contribution in [0, 0.1) is 6.92 Å². The van der Waals surface area contributed by atoms with E-state index < -0.39 is 22.7 Å². The van der Waals surface area contributed by atoms with Gasteiger partial charge in [-0.3, -0.25) is 9.59 Å². The average molecular weight is 589 g/mol. The van der Waals surface area contributed by atoms with E-state index in [1.54, 1.807) is 19.1 Å². The molecule has 0 spiro atoms. The first kappa shape index (κ1) is 28.0. The summed E-state index contributed by atoms with van der Waals surface area (Å²) in [6, 6.07) is 7.50. The molecule has 0 aliphatic carbocycles. The summed E-state index contributed by atoms with van der Waals surface area (Å²) in [5.41, 5.74) is 0.00498. The summed E-state index contributed by atoms with van der Waals surface area (Å²) < 4.78 is 34.5. The summed E-state index contributed by atoms with van der Waals surface area (Å²) in [5, 5.41) is 34.6. The van der Waals surface area contributed by atoms with Gasteiger partial charge in [-0.25, -0.2) is 0 Å². The highest BCUT2D eigenvalue weighted by atomic mass is 16.6. The van der Waals surface area contributed by atoms with E-state index in [9.17, 15) is 24.9 Å². The molecule has 3 N–H and O–H groups in total. The van der Waals surface area contributed by atoms with Crippen molar-refractivity contribution in [2.75, 3.05) is 28.4 Å². The number of aliphatic hydroxyl groups is 1. The van der Waals surface area contributed by atoms with Crippen LogP contribution in [0.5, 0.6) is 40.2 Å². The van der Waals surface area contributed by atoms with Crippen molar-refractivity contribution >= 4 is 38.3 Å². The SMILES string of the molecule is COc1cc(OC)c2c(O)c3c(=O)cc(C)oc3c(-c3c(OC)cc(OC)c4c(O)c5c(cc34)O[C@](C)(O)CC5=O)c2c1. The highest BCUT2D eigenvalue weighted by Crippen LogP contribution is 2.55. The first-order valence-corrected chi connectivity index (χ1v) is 13.2. The number of aryl methyl sites for hydroxylation is 1. The van der Waals surface area contributed by atoms with E-state index in [1.165, 1.54) is 53.6 Å². The molecule has 1 aromatic heterocycles.